The Morgan fingerprint density at radius 1 is 1.38 bits per heavy atom. The molecule has 0 atom stereocenters. The first kappa shape index (κ1) is 10.5. The highest BCUT2D eigenvalue weighted by molar-refractivity contribution is 8.00. The zero-order chi connectivity index (χ0) is 9.68. The van der Waals surface area contributed by atoms with Gasteiger partial charge in [-0.05, 0) is 18.4 Å². The fraction of sp³-hybridized carbons (Fsp3) is 0.333. The molecule has 0 N–H and O–H groups in total. The number of aromatic nitrogens is 2. The molecular weight excluding hydrogens is 200 g/mol. The van der Waals surface area contributed by atoms with Crippen LogP contribution in [-0.4, -0.2) is 16.2 Å². The predicted octanol–water partition coefficient (Wildman–Crippen LogP) is 3.44. The number of thiazole rings is 1. The number of nitrogens with zero attached hydrogens (tertiary/aromatic N) is 2. The maximum absolute atomic E-state index is 4.30. The Hall–Kier alpha value is -0.610. The van der Waals surface area contributed by atoms with Crippen LogP contribution in [0.2, 0.25) is 0 Å². The minimum absolute atomic E-state index is 0.863. The van der Waals surface area contributed by atoms with Crippen molar-refractivity contribution in [3.05, 3.63) is 18.3 Å². The first-order chi connectivity index (χ1) is 6.40. The van der Waals surface area contributed by atoms with E-state index in [0.717, 1.165) is 14.7 Å². The third kappa shape index (κ3) is 2.42. The van der Waals surface area contributed by atoms with Gasteiger partial charge < -0.3 is 0 Å². The van der Waals surface area contributed by atoms with Crippen LogP contribution in [0.25, 0.3) is 10.3 Å². The summed E-state index contributed by atoms with van der Waals surface area (Å²) in [6.45, 7) is 4.00. The molecule has 2 aromatic heterocycles. The van der Waals surface area contributed by atoms with Crippen molar-refractivity contribution in [3.8, 4) is 0 Å². The topological polar surface area (TPSA) is 25.8 Å². The normalized spacial score (nSPS) is 9.46. The maximum atomic E-state index is 4.30. The van der Waals surface area contributed by atoms with Gasteiger partial charge in [0.1, 0.15) is 0 Å². The monoisotopic (exact) mass is 212 g/mol. The summed E-state index contributed by atoms with van der Waals surface area (Å²) in [4.78, 5) is 8.44. The number of hydrogen-bond acceptors (Lipinski definition) is 4. The van der Waals surface area contributed by atoms with Gasteiger partial charge in [0.25, 0.3) is 0 Å². The summed E-state index contributed by atoms with van der Waals surface area (Å²) in [5.74, 6) is 0. The van der Waals surface area contributed by atoms with Crippen molar-refractivity contribution >= 4 is 33.4 Å². The Morgan fingerprint density at radius 3 is 2.77 bits per heavy atom. The molecule has 0 aliphatic rings. The predicted molar refractivity (Wildman–Crippen MR) is 60.5 cm³/mol. The van der Waals surface area contributed by atoms with Crippen LogP contribution >= 0.6 is 23.1 Å². The van der Waals surface area contributed by atoms with Crippen LogP contribution in [0, 0.1) is 0 Å². The molecule has 0 unspecified atom stereocenters. The molecule has 0 saturated carbocycles. The Balaban J connectivity index is 0.000000396. The van der Waals surface area contributed by atoms with Crippen LogP contribution in [0.15, 0.2) is 22.7 Å². The second-order valence-electron chi connectivity index (χ2n) is 2.01. The van der Waals surface area contributed by atoms with Crippen molar-refractivity contribution in [2.75, 3.05) is 6.26 Å². The highest BCUT2D eigenvalue weighted by Gasteiger charge is 2.00. The number of pyridine rings is 1. The van der Waals surface area contributed by atoms with Gasteiger partial charge in [-0.25, -0.2) is 9.97 Å². The van der Waals surface area contributed by atoms with E-state index in [2.05, 4.69) is 9.97 Å². The Morgan fingerprint density at radius 2 is 2.15 bits per heavy atom. The standard InChI is InChI=1S/C7H6N2S2.C2H6/c1-10-7-9-6-5(11-7)3-2-4-8-6;1-2/h2-4H,1H3;1-2H3. The fourth-order valence-electron chi connectivity index (χ4n) is 0.837. The lowest BCUT2D eigenvalue weighted by Gasteiger charge is -1.79. The van der Waals surface area contributed by atoms with Gasteiger partial charge in [-0.3, -0.25) is 0 Å². The minimum Gasteiger partial charge on any atom is -0.236 e. The van der Waals surface area contributed by atoms with Crippen molar-refractivity contribution in [3.63, 3.8) is 0 Å². The van der Waals surface area contributed by atoms with Crippen molar-refractivity contribution in [2.45, 2.75) is 18.2 Å². The first-order valence-electron chi connectivity index (χ1n) is 4.15. The molecule has 0 amide bonds. The van der Waals surface area contributed by atoms with E-state index in [-0.39, 0.29) is 0 Å². The number of thioether (sulfide) groups is 1. The molecule has 13 heavy (non-hydrogen) atoms. The van der Waals surface area contributed by atoms with Crippen LogP contribution < -0.4 is 0 Å². The number of hydrogen-bond donors (Lipinski definition) is 0. The smallest absolute Gasteiger partial charge is 0.171 e. The molecule has 4 heteroatoms. The van der Waals surface area contributed by atoms with Gasteiger partial charge in [0, 0.05) is 6.20 Å². The molecule has 2 rings (SSSR count). The molecule has 0 radical (unpaired) electrons. The summed E-state index contributed by atoms with van der Waals surface area (Å²) in [5, 5.41) is 0. The van der Waals surface area contributed by atoms with E-state index in [1.165, 1.54) is 0 Å². The number of rotatable bonds is 1. The first-order valence-corrected chi connectivity index (χ1v) is 6.20. The van der Waals surface area contributed by atoms with E-state index in [9.17, 15) is 0 Å². The van der Waals surface area contributed by atoms with E-state index in [1.54, 1.807) is 29.3 Å². The van der Waals surface area contributed by atoms with Crippen molar-refractivity contribution in [2.24, 2.45) is 0 Å². The highest BCUT2D eigenvalue weighted by Crippen LogP contribution is 2.25. The van der Waals surface area contributed by atoms with Gasteiger partial charge in [-0.1, -0.05) is 25.6 Å². The average Bonchev–Trinajstić information content (AvgIpc) is 2.63. The lowest BCUT2D eigenvalue weighted by molar-refractivity contribution is 1.24. The van der Waals surface area contributed by atoms with Crippen LogP contribution in [0.5, 0.6) is 0 Å². The molecule has 0 aliphatic carbocycles. The summed E-state index contributed by atoms with van der Waals surface area (Å²) in [5.41, 5.74) is 0.863. The molecule has 2 aromatic rings. The molecule has 2 nitrogen and oxygen atoms in total. The Kier molecular flexibility index (Phi) is 4.18. The third-order valence-corrected chi connectivity index (χ3v) is 3.31. The van der Waals surface area contributed by atoms with Gasteiger partial charge in [-0.15, -0.1) is 11.3 Å². The van der Waals surface area contributed by atoms with Crippen molar-refractivity contribution in [1.29, 1.82) is 0 Å². The lowest BCUT2D eigenvalue weighted by atomic mass is 10.5. The Labute approximate surface area is 86.4 Å². The van der Waals surface area contributed by atoms with Gasteiger partial charge >= 0.3 is 0 Å². The van der Waals surface area contributed by atoms with Crippen molar-refractivity contribution < 1.29 is 0 Å². The molecule has 2 heterocycles. The van der Waals surface area contributed by atoms with Gasteiger partial charge in [0.05, 0.1) is 4.70 Å². The van der Waals surface area contributed by atoms with Gasteiger partial charge in [-0.2, -0.15) is 0 Å². The molecule has 0 aromatic carbocycles. The third-order valence-electron chi connectivity index (χ3n) is 1.32. The summed E-state index contributed by atoms with van der Waals surface area (Å²) in [7, 11) is 0. The van der Waals surface area contributed by atoms with E-state index in [4.69, 9.17) is 0 Å². The summed E-state index contributed by atoms with van der Waals surface area (Å²) in [6.07, 6.45) is 3.80. The fourth-order valence-corrected chi connectivity index (χ4v) is 2.27. The van der Waals surface area contributed by atoms with Crippen LogP contribution in [0.4, 0.5) is 0 Å². The Bertz CT molecular complexity index is 337. The summed E-state index contributed by atoms with van der Waals surface area (Å²) < 4.78 is 2.25. The second-order valence-corrected chi connectivity index (χ2v) is 4.09. The molecule has 0 bridgehead atoms. The number of fused-ring (bicyclic) bond motifs is 1. The van der Waals surface area contributed by atoms with E-state index in [1.807, 2.05) is 32.2 Å². The SMILES string of the molecule is CC.CSc1nc2ncccc2s1. The molecular formula is C9H12N2S2. The maximum Gasteiger partial charge on any atom is 0.171 e. The zero-order valence-electron chi connectivity index (χ0n) is 7.94. The van der Waals surface area contributed by atoms with Crippen LogP contribution in [0.1, 0.15) is 13.8 Å². The molecule has 0 saturated heterocycles. The molecule has 0 spiro atoms. The van der Waals surface area contributed by atoms with Gasteiger partial charge in [0.2, 0.25) is 0 Å². The largest absolute Gasteiger partial charge is 0.236 e. The van der Waals surface area contributed by atoms with Crippen molar-refractivity contribution in [1.82, 2.24) is 9.97 Å². The van der Waals surface area contributed by atoms with E-state index >= 15 is 0 Å². The quantitative estimate of drug-likeness (QED) is 0.677. The van der Waals surface area contributed by atoms with Crippen LogP contribution in [0.3, 0.4) is 0 Å². The summed E-state index contributed by atoms with van der Waals surface area (Å²) >= 11 is 3.35. The molecule has 70 valence electrons. The van der Waals surface area contributed by atoms with Gasteiger partial charge in [0.15, 0.2) is 9.99 Å². The van der Waals surface area contributed by atoms with Crippen LogP contribution in [-0.2, 0) is 0 Å². The average molecular weight is 212 g/mol. The zero-order valence-corrected chi connectivity index (χ0v) is 9.58. The summed E-state index contributed by atoms with van der Waals surface area (Å²) in [6, 6.07) is 3.98. The second kappa shape index (κ2) is 5.19. The minimum atomic E-state index is 0.863. The molecule has 0 aliphatic heterocycles. The lowest BCUT2D eigenvalue weighted by Crippen LogP contribution is -1.72. The van der Waals surface area contributed by atoms with E-state index in [0.29, 0.717) is 0 Å². The molecule has 0 fully saturated rings. The van der Waals surface area contributed by atoms with E-state index < -0.39 is 0 Å². The highest BCUT2D eigenvalue weighted by atomic mass is 32.2.